The molecule has 0 saturated carbocycles. The van der Waals surface area contributed by atoms with Gasteiger partial charge < -0.3 is 10.5 Å². The Morgan fingerprint density at radius 1 is 1.50 bits per heavy atom. The molecule has 0 aliphatic heterocycles. The van der Waals surface area contributed by atoms with E-state index >= 15 is 0 Å². The second kappa shape index (κ2) is 5.75. The van der Waals surface area contributed by atoms with E-state index in [1.54, 1.807) is 6.92 Å². The van der Waals surface area contributed by atoms with Crippen LogP contribution >= 0.6 is 0 Å². The zero-order valence-electron chi connectivity index (χ0n) is 7.76. The molecule has 1 atom stereocenters. The summed E-state index contributed by atoms with van der Waals surface area (Å²) in [6.07, 6.45) is 2.74. The number of hydrogen-bond acceptors (Lipinski definition) is 2. The fourth-order valence-electron chi connectivity index (χ4n) is 1.22. The third kappa shape index (κ3) is 4.88. The van der Waals surface area contributed by atoms with Gasteiger partial charge in [0, 0.05) is 12.1 Å². The fourth-order valence-corrected chi connectivity index (χ4v) is 1.22. The summed E-state index contributed by atoms with van der Waals surface area (Å²) in [6.45, 7) is 3.80. The van der Waals surface area contributed by atoms with Crippen LogP contribution in [0.15, 0.2) is 0 Å². The molecule has 0 aromatic heterocycles. The van der Waals surface area contributed by atoms with Gasteiger partial charge in [0.05, 0.1) is 0 Å². The minimum absolute atomic E-state index is 0.172. The largest absolute Gasteiger partial charge is 0.481 e. The Kier molecular flexibility index (Phi) is 5.34. The lowest BCUT2D eigenvalue weighted by molar-refractivity contribution is -0.137. The highest BCUT2D eigenvalue weighted by molar-refractivity contribution is 5.81. The topological polar surface area (TPSA) is 61.1 Å². The predicted molar refractivity (Wildman–Crippen MR) is 48.7 cm³/mol. The first kappa shape index (κ1) is 11.1. The number of carboxylic acids is 1. The van der Waals surface area contributed by atoms with Crippen molar-refractivity contribution < 1.29 is 9.90 Å². The van der Waals surface area contributed by atoms with E-state index in [-0.39, 0.29) is 12.3 Å². The maximum atomic E-state index is 10.3. The van der Waals surface area contributed by atoms with E-state index in [1.807, 2.05) is 0 Å². The van der Waals surface area contributed by atoms with Crippen LogP contribution in [-0.4, -0.2) is 16.8 Å². The highest BCUT2D eigenvalue weighted by Crippen LogP contribution is 2.14. The normalized spacial score (nSPS) is 12.5. The molecule has 0 amide bonds. The summed E-state index contributed by atoms with van der Waals surface area (Å²) in [6, 6.07) is 0. The highest BCUT2D eigenvalue weighted by atomic mass is 16.4. The molecule has 0 aliphatic carbocycles. The molecule has 0 rings (SSSR count). The number of aliphatic carboxylic acids is 1. The molecule has 0 aromatic rings. The van der Waals surface area contributed by atoms with Crippen LogP contribution in [0.1, 0.15) is 39.5 Å². The summed E-state index contributed by atoms with van der Waals surface area (Å²) >= 11 is 0. The molecule has 0 aromatic carbocycles. The molecular weight excluding hydrogens is 154 g/mol. The van der Waals surface area contributed by atoms with Crippen molar-refractivity contribution in [1.29, 1.82) is 5.41 Å². The van der Waals surface area contributed by atoms with Crippen molar-refractivity contribution in [2.45, 2.75) is 39.5 Å². The Morgan fingerprint density at radius 2 is 2.08 bits per heavy atom. The average Bonchev–Trinajstić information content (AvgIpc) is 1.96. The summed E-state index contributed by atoms with van der Waals surface area (Å²) < 4.78 is 0. The molecular formula is C9H17NO2. The van der Waals surface area contributed by atoms with Crippen molar-refractivity contribution in [3.05, 3.63) is 0 Å². The zero-order chi connectivity index (χ0) is 9.56. The molecule has 0 fully saturated rings. The van der Waals surface area contributed by atoms with Crippen molar-refractivity contribution in [1.82, 2.24) is 0 Å². The van der Waals surface area contributed by atoms with Crippen LogP contribution in [0.3, 0.4) is 0 Å². The maximum absolute atomic E-state index is 10.3. The number of carboxylic acid groups (broad SMARTS) is 1. The van der Waals surface area contributed by atoms with Crippen LogP contribution in [0.5, 0.6) is 0 Å². The van der Waals surface area contributed by atoms with Crippen molar-refractivity contribution in [3.8, 4) is 0 Å². The summed E-state index contributed by atoms with van der Waals surface area (Å²) in [7, 11) is 0. The van der Waals surface area contributed by atoms with E-state index in [0.717, 1.165) is 12.8 Å². The minimum Gasteiger partial charge on any atom is -0.481 e. The summed E-state index contributed by atoms with van der Waals surface area (Å²) in [4.78, 5) is 10.3. The summed E-state index contributed by atoms with van der Waals surface area (Å²) in [5.74, 6) is -0.594. The van der Waals surface area contributed by atoms with Gasteiger partial charge in [-0.3, -0.25) is 4.79 Å². The van der Waals surface area contributed by atoms with Gasteiger partial charge in [0.1, 0.15) is 0 Å². The SMILES string of the molecule is CCCC(CCC(=O)O)C(C)=N. The van der Waals surface area contributed by atoms with Gasteiger partial charge in [0.25, 0.3) is 0 Å². The number of nitrogens with one attached hydrogen (secondary N) is 1. The molecule has 0 saturated heterocycles. The Bertz CT molecular complexity index is 166. The molecule has 0 bridgehead atoms. The van der Waals surface area contributed by atoms with Gasteiger partial charge in [-0.2, -0.15) is 0 Å². The van der Waals surface area contributed by atoms with E-state index in [9.17, 15) is 4.79 Å². The van der Waals surface area contributed by atoms with Gasteiger partial charge in [0.15, 0.2) is 0 Å². The van der Waals surface area contributed by atoms with E-state index < -0.39 is 5.97 Å². The van der Waals surface area contributed by atoms with Gasteiger partial charge in [-0.05, 0) is 25.7 Å². The van der Waals surface area contributed by atoms with E-state index in [4.69, 9.17) is 10.5 Å². The Labute approximate surface area is 73.3 Å². The smallest absolute Gasteiger partial charge is 0.303 e. The predicted octanol–water partition coefficient (Wildman–Crippen LogP) is 2.31. The van der Waals surface area contributed by atoms with Crippen LogP contribution in [0.25, 0.3) is 0 Å². The van der Waals surface area contributed by atoms with Gasteiger partial charge in [-0.15, -0.1) is 0 Å². The van der Waals surface area contributed by atoms with E-state index in [2.05, 4.69) is 6.92 Å². The van der Waals surface area contributed by atoms with Crippen molar-refractivity contribution in [2.24, 2.45) is 5.92 Å². The third-order valence-corrected chi connectivity index (χ3v) is 1.96. The molecule has 12 heavy (non-hydrogen) atoms. The van der Waals surface area contributed by atoms with Gasteiger partial charge in [-0.1, -0.05) is 13.3 Å². The van der Waals surface area contributed by atoms with Gasteiger partial charge in [-0.25, -0.2) is 0 Å². The lowest BCUT2D eigenvalue weighted by Gasteiger charge is -2.12. The average molecular weight is 171 g/mol. The van der Waals surface area contributed by atoms with Crippen molar-refractivity contribution >= 4 is 11.7 Å². The monoisotopic (exact) mass is 171 g/mol. The van der Waals surface area contributed by atoms with Crippen LogP contribution in [-0.2, 0) is 4.79 Å². The molecule has 3 nitrogen and oxygen atoms in total. The number of hydrogen-bond donors (Lipinski definition) is 2. The second-order valence-corrected chi connectivity index (χ2v) is 3.10. The van der Waals surface area contributed by atoms with E-state index in [1.165, 1.54) is 0 Å². The first-order chi connectivity index (χ1) is 5.57. The molecule has 0 spiro atoms. The zero-order valence-corrected chi connectivity index (χ0v) is 7.76. The lowest BCUT2D eigenvalue weighted by Crippen LogP contribution is -2.11. The molecule has 0 aliphatic rings. The Balaban J connectivity index is 3.79. The van der Waals surface area contributed by atoms with Gasteiger partial charge >= 0.3 is 5.97 Å². The van der Waals surface area contributed by atoms with Crippen LogP contribution in [0, 0.1) is 11.3 Å². The molecule has 70 valence electrons. The summed E-state index contributed by atoms with van der Waals surface area (Å²) in [5, 5.41) is 15.8. The standard InChI is InChI=1S/C9H17NO2/c1-3-4-8(7(2)10)5-6-9(11)12/h8,10H,3-6H2,1-2H3,(H,11,12). The van der Waals surface area contributed by atoms with Crippen LogP contribution < -0.4 is 0 Å². The fraction of sp³-hybridized carbons (Fsp3) is 0.778. The molecule has 0 radical (unpaired) electrons. The molecule has 0 heterocycles. The quantitative estimate of drug-likeness (QED) is 0.602. The number of carbonyl (C=O) groups is 1. The van der Waals surface area contributed by atoms with Crippen LogP contribution in [0.2, 0.25) is 0 Å². The molecule has 2 N–H and O–H groups in total. The first-order valence-electron chi connectivity index (χ1n) is 4.34. The minimum atomic E-state index is -0.766. The second-order valence-electron chi connectivity index (χ2n) is 3.10. The first-order valence-corrected chi connectivity index (χ1v) is 4.34. The molecule has 3 heteroatoms. The molecule has 1 unspecified atom stereocenters. The lowest BCUT2D eigenvalue weighted by atomic mass is 9.94. The maximum Gasteiger partial charge on any atom is 0.303 e. The summed E-state index contributed by atoms with van der Waals surface area (Å²) in [5.41, 5.74) is 0.609. The van der Waals surface area contributed by atoms with Crippen molar-refractivity contribution in [2.75, 3.05) is 0 Å². The van der Waals surface area contributed by atoms with E-state index in [0.29, 0.717) is 12.1 Å². The third-order valence-electron chi connectivity index (χ3n) is 1.96. The van der Waals surface area contributed by atoms with Crippen molar-refractivity contribution in [3.63, 3.8) is 0 Å². The highest BCUT2D eigenvalue weighted by Gasteiger charge is 2.11. The van der Waals surface area contributed by atoms with Gasteiger partial charge in [0.2, 0.25) is 0 Å². The van der Waals surface area contributed by atoms with Crippen LogP contribution in [0.4, 0.5) is 0 Å². The number of rotatable bonds is 6. The Hall–Kier alpha value is -0.860. The Morgan fingerprint density at radius 3 is 2.42 bits per heavy atom.